The van der Waals surface area contributed by atoms with Crippen LogP contribution in [0.15, 0.2) is 53.2 Å². The van der Waals surface area contributed by atoms with Crippen LogP contribution in [-0.4, -0.2) is 26.7 Å². The predicted molar refractivity (Wildman–Crippen MR) is 81.4 cm³/mol. The minimum absolute atomic E-state index is 0.494. The highest BCUT2D eigenvalue weighted by Crippen LogP contribution is 2.24. The standard InChI is InChI=1S/C16H18N4O2/c1-19(11-15-18-17-12-20(15)2)10-14-8-9-16(22-14)21-13-6-4-3-5-7-13/h3-9,12H,10-11H2,1-2H3. The van der Waals surface area contributed by atoms with Crippen LogP contribution in [0, 0.1) is 0 Å². The van der Waals surface area contributed by atoms with Crippen LogP contribution < -0.4 is 4.74 Å². The molecule has 6 nitrogen and oxygen atoms in total. The van der Waals surface area contributed by atoms with E-state index in [2.05, 4.69) is 15.1 Å². The molecular weight excluding hydrogens is 280 g/mol. The van der Waals surface area contributed by atoms with Crippen LogP contribution in [0.5, 0.6) is 11.7 Å². The van der Waals surface area contributed by atoms with Gasteiger partial charge in [0.2, 0.25) is 0 Å². The fourth-order valence-corrected chi connectivity index (χ4v) is 2.12. The summed E-state index contributed by atoms with van der Waals surface area (Å²) < 4.78 is 13.3. The van der Waals surface area contributed by atoms with Crippen LogP contribution in [0.25, 0.3) is 0 Å². The van der Waals surface area contributed by atoms with E-state index in [1.165, 1.54) is 0 Å². The summed E-state index contributed by atoms with van der Waals surface area (Å²) in [5, 5.41) is 7.95. The third kappa shape index (κ3) is 3.53. The summed E-state index contributed by atoms with van der Waals surface area (Å²) in [5.41, 5.74) is 0. The second-order valence-electron chi connectivity index (χ2n) is 5.17. The average molecular weight is 298 g/mol. The normalized spacial score (nSPS) is 11.0. The molecular formula is C16H18N4O2. The van der Waals surface area contributed by atoms with E-state index < -0.39 is 0 Å². The Bertz CT molecular complexity index is 721. The molecule has 0 saturated carbocycles. The molecule has 22 heavy (non-hydrogen) atoms. The Morgan fingerprint density at radius 3 is 2.68 bits per heavy atom. The predicted octanol–water partition coefficient (Wildman–Crippen LogP) is 2.83. The van der Waals surface area contributed by atoms with Crippen LogP contribution in [0.3, 0.4) is 0 Å². The molecule has 0 radical (unpaired) electrons. The Labute approximate surface area is 128 Å². The topological polar surface area (TPSA) is 56.3 Å². The second-order valence-corrected chi connectivity index (χ2v) is 5.17. The lowest BCUT2D eigenvalue weighted by molar-refractivity contribution is 0.259. The summed E-state index contributed by atoms with van der Waals surface area (Å²) in [6, 6.07) is 13.3. The third-order valence-electron chi connectivity index (χ3n) is 3.24. The first-order chi connectivity index (χ1) is 10.7. The van der Waals surface area contributed by atoms with Gasteiger partial charge in [-0.2, -0.15) is 0 Å². The van der Waals surface area contributed by atoms with Gasteiger partial charge in [-0.3, -0.25) is 4.90 Å². The van der Waals surface area contributed by atoms with Gasteiger partial charge in [0, 0.05) is 13.1 Å². The number of aromatic nitrogens is 3. The van der Waals surface area contributed by atoms with Crippen LogP contribution in [0.2, 0.25) is 0 Å². The lowest BCUT2D eigenvalue weighted by Crippen LogP contribution is -2.19. The van der Waals surface area contributed by atoms with Crippen molar-refractivity contribution >= 4 is 0 Å². The molecule has 0 bridgehead atoms. The van der Waals surface area contributed by atoms with Gasteiger partial charge in [-0.05, 0) is 25.2 Å². The minimum Gasteiger partial charge on any atom is -0.429 e. The van der Waals surface area contributed by atoms with Gasteiger partial charge in [-0.25, -0.2) is 0 Å². The van der Waals surface area contributed by atoms with Gasteiger partial charge in [-0.1, -0.05) is 18.2 Å². The maximum Gasteiger partial charge on any atom is 0.290 e. The summed E-state index contributed by atoms with van der Waals surface area (Å²) in [7, 11) is 3.94. The van der Waals surface area contributed by atoms with Crippen molar-refractivity contribution < 1.29 is 9.15 Å². The summed E-state index contributed by atoms with van der Waals surface area (Å²) >= 11 is 0. The molecule has 0 aliphatic heterocycles. The van der Waals surface area contributed by atoms with E-state index in [4.69, 9.17) is 9.15 Å². The molecule has 0 unspecified atom stereocenters. The van der Waals surface area contributed by atoms with Crippen molar-refractivity contribution in [3.05, 3.63) is 60.4 Å². The number of benzene rings is 1. The van der Waals surface area contributed by atoms with E-state index in [0.29, 0.717) is 19.0 Å². The molecule has 0 N–H and O–H groups in total. The van der Waals surface area contributed by atoms with Crippen LogP contribution >= 0.6 is 0 Å². The maximum atomic E-state index is 5.70. The van der Waals surface area contributed by atoms with E-state index in [1.54, 1.807) is 6.33 Å². The summed E-state index contributed by atoms with van der Waals surface area (Å²) in [6.45, 7) is 1.37. The first-order valence-corrected chi connectivity index (χ1v) is 7.04. The van der Waals surface area contributed by atoms with Gasteiger partial charge in [0.1, 0.15) is 23.7 Å². The zero-order valence-electron chi connectivity index (χ0n) is 12.6. The first-order valence-electron chi connectivity index (χ1n) is 7.04. The van der Waals surface area contributed by atoms with Crippen LogP contribution in [-0.2, 0) is 20.1 Å². The average Bonchev–Trinajstić information content (AvgIpc) is 3.10. The number of ether oxygens (including phenoxy) is 1. The maximum absolute atomic E-state index is 5.70. The first kappa shape index (κ1) is 14.3. The Kier molecular flexibility index (Phi) is 4.20. The molecule has 0 aliphatic carbocycles. The Morgan fingerprint density at radius 1 is 1.14 bits per heavy atom. The molecule has 0 saturated heterocycles. The van der Waals surface area contributed by atoms with E-state index >= 15 is 0 Å². The van der Waals surface area contributed by atoms with Gasteiger partial charge in [0.15, 0.2) is 0 Å². The van der Waals surface area contributed by atoms with E-state index in [9.17, 15) is 0 Å². The van der Waals surface area contributed by atoms with Crippen molar-refractivity contribution in [3.8, 4) is 11.7 Å². The van der Waals surface area contributed by atoms with Gasteiger partial charge in [0.05, 0.1) is 13.1 Å². The molecule has 3 aromatic rings. The number of hydrogen-bond donors (Lipinski definition) is 0. The fourth-order valence-electron chi connectivity index (χ4n) is 2.12. The molecule has 114 valence electrons. The molecule has 0 fully saturated rings. The molecule has 1 aromatic carbocycles. The largest absolute Gasteiger partial charge is 0.429 e. The van der Waals surface area contributed by atoms with E-state index in [1.807, 2.05) is 61.1 Å². The van der Waals surface area contributed by atoms with Crippen molar-refractivity contribution in [2.45, 2.75) is 13.1 Å². The minimum atomic E-state index is 0.494. The van der Waals surface area contributed by atoms with Crippen molar-refractivity contribution in [1.82, 2.24) is 19.7 Å². The molecule has 6 heteroatoms. The zero-order valence-corrected chi connectivity index (χ0v) is 12.6. The Morgan fingerprint density at radius 2 is 1.95 bits per heavy atom. The van der Waals surface area contributed by atoms with Gasteiger partial charge in [-0.15, -0.1) is 10.2 Å². The van der Waals surface area contributed by atoms with Crippen molar-refractivity contribution in [2.24, 2.45) is 7.05 Å². The van der Waals surface area contributed by atoms with Gasteiger partial charge in [0.25, 0.3) is 5.95 Å². The smallest absolute Gasteiger partial charge is 0.290 e. The highest BCUT2D eigenvalue weighted by molar-refractivity contribution is 5.26. The number of hydrogen-bond acceptors (Lipinski definition) is 5. The summed E-state index contributed by atoms with van der Waals surface area (Å²) in [4.78, 5) is 2.11. The highest BCUT2D eigenvalue weighted by atomic mass is 16.6. The zero-order chi connectivity index (χ0) is 15.4. The van der Waals surface area contributed by atoms with Crippen LogP contribution in [0.1, 0.15) is 11.6 Å². The van der Waals surface area contributed by atoms with Crippen molar-refractivity contribution in [2.75, 3.05) is 7.05 Å². The second kappa shape index (κ2) is 6.44. The monoisotopic (exact) mass is 298 g/mol. The lowest BCUT2D eigenvalue weighted by atomic mass is 10.3. The lowest BCUT2D eigenvalue weighted by Gasteiger charge is -2.13. The van der Waals surface area contributed by atoms with E-state index in [-0.39, 0.29) is 0 Å². The molecule has 0 aliphatic rings. The highest BCUT2D eigenvalue weighted by Gasteiger charge is 2.10. The van der Waals surface area contributed by atoms with Gasteiger partial charge < -0.3 is 13.7 Å². The number of nitrogens with zero attached hydrogens (tertiary/aromatic N) is 4. The summed E-state index contributed by atoms with van der Waals surface area (Å²) in [6.07, 6.45) is 1.70. The quantitative estimate of drug-likeness (QED) is 0.700. The molecule has 2 heterocycles. The van der Waals surface area contributed by atoms with Crippen molar-refractivity contribution in [3.63, 3.8) is 0 Å². The van der Waals surface area contributed by atoms with Crippen molar-refractivity contribution in [1.29, 1.82) is 0 Å². The number of furan rings is 1. The molecule has 3 rings (SSSR count). The fraction of sp³-hybridized carbons (Fsp3) is 0.250. The molecule has 0 spiro atoms. The molecule has 0 atom stereocenters. The van der Waals surface area contributed by atoms with Crippen LogP contribution in [0.4, 0.5) is 0 Å². The third-order valence-corrected chi connectivity index (χ3v) is 3.24. The number of para-hydroxylation sites is 1. The molecule has 2 aromatic heterocycles. The number of aryl methyl sites for hydroxylation is 1. The van der Waals surface area contributed by atoms with Gasteiger partial charge >= 0.3 is 0 Å². The van der Waals surface area contributed by atoms with E-state index in [0.717, 1.165) is 17.3 Å². The Hall–Kier alpha value is -2.60. The molecule has 0 amide bonds. The summed E-state index contributed by atoms with van der Waals surface area (Å²) in [5.74, 6) is 3.01. The Balaban J connectivity index is 1.58. The SMILES string of the molecule is CN(Cc1ccc(Oc2ccccc2)o1)Cc1nncn1C. The number of rotatable bonds is 6.